The molecule has 1 saturated heterocycles. The molecule has 4 amide bonds. The third kappa shape index (κ3) is 5.89. The Balaban J connectivity index is 1.70. The maximum Gasteiger partial charge on any atom is 0.242 e. The number of rotatable bonds is 9. The van der Waals surface area contributed by atoms with Gasteiger partial charge in [-0.3, -0.25) is 24.1 Å². The fourth-order valence-electron chi connectivity index (χ4n) is 4.37. The summed E-state index contributed by atoms with van der Waals surface area (Å²) in [6.07, 6.45) is 5.04. The molecule has 0 unspecified atom stereocenters. The zero-order valence-corrected chi connectivity index (χ0v) is 20.0. The number of fused-ring (bicyclic) bond motifs is 1. The van der Waals surface area contributed by atoms with Crippen LogP contribution in [0.2, 0.25) is 0 Å². The largest absolute Gasteiger partial charge is 0.354 e. The van der Waals surface area contributed by atoms with Gasteiger partial charge < -0.3 is 10.2 Å². The fraction of sp³-hybridized carbons (Fsp3) is 0.538. The van der Waals surface area contributed by atoms with E-state index in [1.54, 1.807) is 11.8 Å². The van der Waals surface area contributed by atoms with Gasteiger partial charge in [-0.1, -0.05) is 55.8 Å². The maximum atomic E-state index is 13.3. The predicted octanol–water partition coefficient (Wildman–Crippen LogP) is 2.83. The average Bonchev–Trinajstić information content (AvgIpc) is 3.04. The van der Waals surface area contributed by atoms with Crippen LogP contribution in [0, 0.1) is 24.7 Å². The lowest BCUT2D eigenvalue weighted by Crippen LogP contribution is -2.49. The first kappa shape index (κ1) is 24.7. The van der Waals surface area contributed by atoms with Crippen molar-refractivity contribution in [1.82, 2.24) is 15.1 Å². The van der Waals surface area contributed by atoms with E-state index in [0.717, 1.165) is 11.1 Å². The number of carbonyl (C=O) groups excluding carboxylic acids is 4. The minimum Gasteiger partial charge on any atom is -0.354 e. The molecule has 7 nitrogen and oxygen atoms in total. The van der Waals surface area contributed by atoms with Gasteiger partial charge >= 0.3 is 0 Å². The molecule has 1 aromatic rings. The number of likely N-dealkylation sites (tertiary alicyclic amines) is 1. The van der Waals surface area contributed by atoms with Gasteiger partial charge in [0.05, 0.1) is 11.8 Å². The quantitative estimate of drug-likeness (QED) is 0.460. The van der Waals surface area contributed by atoms with Crippen molar-refractivity contribution in [2.45, 2.75) is 59.5 Å². The molecular formula is C26H35N3O4. The Labute approximate surface area is 196 Å². The molecule has 1 aliphatic heterocycles. The van der Waals surface area contributed by atoms with Crippen LogP contribution < -0.4 is 5.32 Å². The summed E-state index contributed by atoms with van der Waals surface area (Å²) in [5.41, 5.74) is 2.03. The molecule has 3 atom stereocenters. The van der Waals surface area contributed by atoms with Gasteiger partial charge in [0, 0.05) is 26.1 Å². The Hall–Kier alpha value is -2.96. The van der Waals surface area contributed by atoms with Crippen LogP contribution in [0.5, 0.6) is 0 Å². The second kappa shape index (κ2) is 10.8. The van der Waals surface area contributed by atoms with Crippen molar-refractivity contribution in [1.29, 1.82) is 0 Å². The number of imide groups is 1. The summed E-state index contributed by atoms with van der Waals surface area (Å²) in [6.45, 7) is 8.60. The van der Waals surface area contributed by atoms with E-state index < -0.39 is 6.04 Å². The SMILES string of the molecule is Cc1ccc(CN(C(=O)CCN2C(=O)[C@H]3CC=CC[C@H]3C2=O)[C@H](C)C(=O)NCC(C)C)cc1. The van der Waals surface area contributed by atoms with E-state index in [4.69, 9.17) is 0 Å². The first-order chi connectivity index (χ1) is 15.7. The zero-order chi connectivity index (χ0) is 24.1. The summed E-state index contributed by atoms with van der Waals surface area (Å²) in [7, 11) is 0. The Morgan fingerprint density at radius 3 is 2.15 bits per heavy atom. The zero-order valence-electron chi connectivity index (χ0n) is 20.0. The van der Waals surface area contributed by atoms with E-state index in [0.29, 0.717) is 25.3 Å². The second-order valence-electron chi connectivity index (χ2n) is 9.56. The van der Waals surface area contributed by atoms with E-state index in [9.17, 15) is 19.2 Å². The predicted molar refractivity (Wildman–Crippen MR) is 126 cm³/mol. The van der Waals surface area contributed by atoms with Crippen molar-refractivity contribution in [2.75, 3.05) is 13.1 Å². The molecule has 0 aromatic heterocycles. The number of allylic oxidation sites excluding steroid dienone is 2. The minimum absolute atomic E-state index is 0.00197. The number of hydrogen-bond acceptors (Lipinski definition) is 4. The summed E-state index contributed by atoms with van der Waals surface area (Å²) < 4.78 is 0. The van der Waals surface area contributed by atoms with Crippen molar-refractivity contribution in [3.8, 4) is 0 Å². The lowest BCUT2D eigenvalue weighted by atomic mass is 9.85. The van der Waals surface area contributed by atoms with Gasteiger partial charge in [-0.05, 0) is 38.2 Å². The highest BCUT2D eigenvalue weighted by Gasteiger charge is 2.47. The van der Waals surface area contributed by atoms with E-state index in [-0.39, 0.29) is 55.0 Å². The highest BCUT2D eigenvalue weighted by molar-refractivity contribution is 6.05. The number of carbonyl (C=O) groups is 4. The summed E-state index contributed by atoms with van der Waals surface area (Å²) in [5.74, 6) is -1.15. The molecule has 2 aliphatic rings. The third-order valence-electron chi connectivity index (χ3n) is 6.47. The van der Waals surface area contributed by atoms with E-state index in [1.165, 1.54) is 4.90 Å². The van der Waals surface area contributed by atoms with Crippen LogP contribution in [0.25, 0.3) is 0 Å². The monoisotopic (exact) mass is 453 g/mol. The molecule has 1 fully saturated rings. The average molecular weight is 454 g/mol. The fourth-order valence-corrected chi connectivity index (χ4v) is 4.37. The summed E-state index contributed by atoms with van der Waals surface area (Å²) in [5, 5.41) is 2.90. The lowest BCUT2D eigenvalue weighted by Gasteiger charge is -2.29. The molecular weight excluding hydrogens is 418 g/mol. The Kier molecular flexibility index (Phi) is 8.06. The summed E-state index contributed by atoms with van der Waals surface area (Å²) in [4.78, 5) is 54.3. The normalized spacial score (nSPS) is 20.7. The van der Waals surface area contributed by atoms with Gasteiger partial charge in [-0.25, -0.2) is 0 Å². The number of nitrogens with one attached hydrogen (secondary N) is 1. The topological polar surface area (TPSA) is 86.8 Å². The smallest absolute Gasteiger partial charge is 0.242 e. The molecule has 1 heterocycles. The molecule has 0 saturated carbocycles. The summed E-state index contributed by atoms with van der Waals surface area (Å²) in [6, 6.07) is 7.16. The van der Waals surface area contributed by atoms with Crippen LogP contribution >= 0.6 is 0 Å². The van der Waals surface area contributed by atoms with Crippen LogP contribution in [0.4, 0.5) is 0 Å². The second-order valence-corrected chi connectivity index (χ2v) is 9.56. The molecule has 1 aromatic carbocycles. The van der Waals surface area contributed by atoms with Crippen molar-refractivity contribution in [2.24, 2.45) is 17.8 Å². The highest BCUT2D eigenvalue weighted by Crippen LogP contribution is 2.35. The van der Waals surface area contributed by atoms with Crippen LogP contribution in [-0.2, 0) is 25.7 Å². The summed E-state index contributed by atoms with van der Waals surface area (Å²) >= 11 is 0. The minimum atomic E-state index is -0.672. The number of amides is 4. The maximum absolute atomic E-state index is 13.3. The molecule has 0 radical (unpaired) electrons. The lowest BCUT2D eigenvalue weighted by molar-refractivity contribution is -0.143. The van der Waals surface area contributed by atoms with Gasteiger partial charge in [0.1, 0.15) is 6.04 Å². The van der Waals surface area contributed by atoms with Crippen LogP contribution in [0.3, 0.4) is 0 Å². The van der Waals surface area contributed by atoms with Gasteiger partial charge in [0.15, 0.2) is 0 Å². The van der Waals surface area contributed by atoms with Crippen LogP contribution in [0.15, 0.2) is 36.4 Å². The number of benzene rings is 1. The molecule has 7 heteroatoms. The van der Waals surface area contributed by atoms with Gasteiger partial charge in [0.25, 0.3) is 0 Å². The Bertz CT molecular complexity index is 896. The third-order valence-corrected chi connectivity index (χ3v) is 6.47. The Morgan fingerprint density at radius 2 is 1.61 bits per heavy atom. The van der Waals surface area contributed by atoms with E-state index in [2.05, 4.69) is 5.32 Å². The number of aryl methyl sites for hydroxylation is 1. The first-order valence-corrected chi connectivity index (χ1v) is 11.8. The van der Waals surface area contributed by atoms with Crippen LogP contribution in [-0.4, -0.2) is 52.6 Å². The standard InChI is InChI=1S/C26H35N3O4/c1-17(2)15-27-24(31)19(4)29(16-20-11-9-18(3)10-12-20)23(30)13-14-28-25(32)21-7-5-6-8-22(21)26(28)33/h5-6,9-12,17,19,21-22H,7-8,13-16H2,1-4H3,(H,27,31)/t19-,21-,22+/m1/s1. The van der Waals surface area contributed by atoms with Gasteiger partial charge in [0.2, 0.25) is 23.6 Å². The number of hydrogen-bond donors (Lipinski definition) is 1. The van der Waals surface area contributed by atoms with Gasteiger partial charge in [-0.15, -0.1) is 0 Å². The molecule has 0 spiro atoms. The molecule has 178 valence electrons. The van der Waals surface area contributed by atoms with Crippen LogP contribution in [0.1, 0.15) is 51.2 Å². The number of nitrogens with zero attached hydrogens (tertiary/aromatic N) is 2. The molecule has 1 aliphatic carbocycles. The van der Waals surface area contributed by atoms with E-state index >= 15 is 0 Å². The molecule has 0 bridgehead atoms. The highest BCUT2D eigenvalue weighted by atomic mass is 16.2. The van der Waals surface area contributed by atoms with Crippen molar-refractivity contribution >= 4 is 23.6 Å². The first-order valence-electron chi connectivity index (χ1n) is 11.8. The molecule has 33 heavy (non-hydrogen) atoms. The molecule has 3 rings (SSSR count). The van der Waals surface area contributed by atoms with Crippen molar-refractivity contribution in [3.05, 3.63) is 47.5 Å². The van der Waals surface area contributed by atoms with Crippen molar-refractivity contribution in [3.63, 3.8) is 0 Å². The Morgan fingerprint density at radius 1 is 1.03 bits per heavy atom. The van der Waals surface area contributed by atoms with E-state index in [1.807, 2.05) is 57.2 Å². The van der Waals surface area contributed by atoms with Gasteiger partial charge in [-0.2, -0.15) is 0 Å². The van der Waals surface area contributed by atoms with Crippen molar-refractivity contribution < 1.29 is 19.2 Å². The molecule has 1 N–H and O–H groups in total.